The van der Waals surface area contributed by atoms with Gasteiger partial charge in [-0.05, 0) is 24.3 Å². The van der Waals surface area contributed by atoms with Crippen molar-refractivity contribution in [2.45, 2.75) is 0 Å². The SMILES string of the molecule is O=C(O)c1cnncc1-c1ccc2ccccn12. The highest BCUT2D eigenvalue weighted by atomic mass is 16.4. The molecule has 0 spiro atoms. The van der Waals surface area contributed by atoms with Crippen molar-refractivity contribution in [1.29, 1.82) is 0 Å². The van der Waals surface area contributed by atoms with Gasteiger partial charge in [0.2, 0.25) is 0 Å². The molecule has 0 aliphatic heterocycles. The molecule has 0 radical (unpaired) electrons. The van der Waals surface area contributed by atoms with Crippen LogP contribution in [0.4, 0.5) is 0 Å². The Balaban J connectivity index is 2.30. The van der Waals surface area contributed by atoms with Crippen LogP contribution in [0.1, 0.15) is 10.4 Å². The summed E-state index contributed by atoms with van der Waals surface area (Å²) in [6.45, 7) is 0. The van der Waals surface area contributed by atoms with Crippen molar-refractivity contribution < 1.29 is 9.90 Å². The standard InChI is InChI=1S/C13H9N3O2/c17-13(18)11-8-15-14-7-10(11)12-5-4-9-3-1-2-6-16(9)12/h1-8H,(H,17,18). The number of aromatic carboxylic acids is 1. The van der Waals surface area contributed by atoms with Gasteiger partial charge >= 0.3 is 5.97 Å². The van der Waals surface area contributed by atoms with Crippen molar-refractivity contribution in [3.63, 3.8) is 0 Å². The van der Waals surface area contributed by atoms with E-state index in [9.17, 15) is 4.79 Å². The molecule has 0 atom stereocenters. The van der Waals surface area contributed by atoms with E-state index in [2.05, 4.69) is 10.2 Å². The van der Waals surface area contributed by atoms with E-state index in [0.29, 0.717) is 5.56 Å². The summed E-state index contributed by atoms with van der Waals surface area (Å²) in [5, 5.41) is 16.5. The molecule has 1 N–H and O–H groups in total. The summed E-state index contributed by atoms with van der Waals surface area (Å²) in [6.07, 6.45) is 4.62. The van der Waals surface area contributed by atoms with Gasteiger partial charge < -0.3 is 9.51 Å². The quantitative estimate of drug-likeness (QED) is 0.743. The molecule has 0 bridgehead atoms. The number of hydrogen-bond donors (Lipinski definition) is 1. The van der Waals surface area contributed by atoms with Gasteiger partial charge in [0.1, 0.15) is 0 Å². The third-order valence-corrected chi connectivity index (χ3v) is 2.80. The second-order valence-electron chi connectivity index (χ2n) is 3.84. The minimum absolute atomic E-state index is 0.147. The van der Waals surface area contributed by atoms with Gasteiger partial charge in [-0.3, -0.25) is 0 Å². The van der Waals surface area contributed by atoms with Crippen LogP contribution in [-0.2, 0) is 0 Å². The zero-order valence-corrected chi connectivity index (χ0v) is 9.32. The lowest BCUT2D eigenvalue weighted by Crippen LogP contribution is -2.02. The Morgan fingerprint density at radius 1 is 1.11 bits per heavy atom. The molecule has 88 valence electrons. The van der Waals surface area contributed by atoms with Crippen molar-refractivity contribution in [1.82, 2.24) is 14.6 Å². The Labute approximate surface area is 102 Å². The van der Waals surface area contributed by atoms with E-state index in [1.54, 1.807) is 0 Å². The third kappa shape index (κ3) is 1.53. The maximum absolute atomic E-state index is 11.2. The van der Waals surface area contributed by atoms with Crippen LogP contribution in [0.25, 0.3) is 16.8 Å². The smallest absolute Gasteiger partial charge is 0.338 e. The maximum Gasteiger partial charge on any atom is 0.338 e. The molecule has 3 heterocycles. The number of aromatic nitrogens is 3. The van der Waals surface area contributed by atoms with Crippen molar-refractivity contribution >= 4 is 11.5 Å². The van der Waals surface area contributed by atoms with Gasteiger partial charge in [0.15, 0.2) is 0 Å². The van der Waals surface area contributed by atoms with E-state index in [-0.39, 0.29) is 5.56 Å². The average Bonchev–Trinajstić information content (AvgIpc) is 2.82. The second-order valence-corrected chi connectivity index (χ2v) is 3.84. The molecule has 0 aliphatic carbocycles. The lowest BCUT2D eigenvalue weighted by atomic mass is 10.1. The van der Waals surface area contributed by atoms with Gasteiger partial charge in [-0.25, -0.2) is 4.79 Å². The zero-order chi connectivity index (χ0) is 12.5. The highest BCUT2D eigenvalue weighted by molar-refractivity contribution is 5.95. The van der Waals surface area contributed by atoms with E-state index in [1.165, 1.54) is 12.4 Å². The monoisotopic (exact) mass is 239 g/mol. The third-order valence-electron chi connectivity index (χ3n) is 2.80. The summed E-state index contributed by atoms with van der Waals surface area (Å²) in [6, 6.07) is 9.59. The molecule has 0 aliphatic rings. The van der Waals surface area contributed by atoms with Crippen LogP contribution in [0, 0.1) is 0 Å². The summed E-state index contributed by atoms with van der Waals surface area (Å²) >= 11 is 0. The van der Waals surface area contributed by atoms with Gasteiger partial charge in [-0.2, -0.15) is 10.2 Å². The van der Waals surface area contributed by atoms with Crippen LogP contribution in [0.2, 0.25) is 0 Å². The van der Waals surface area contributed by atoms with Crippen LogP contribution in [0.3, 0.4) is 0 Å². The van der Waals surface area contributed by atoms with Gasteiger partial charge in [0.25, 0.3) is 0 Å². The molecular formula is C13H9N3O2. The molecule has 3 aromatic heterocycles. The average molecular weight is 239 g/mol. The van der Waals surface area contributed by atoms with Crippen molar-refractivity contribution in [2.75, 3.05) is 0 Å². The van der Waals surface area contributed by atoms with Gasteiger partial charge in [-0.1, -0.05) is 6.07 Å². The van der Waals surface area contributed by atoms with Crippen molar-refractivity contribution in [3.8, 4) is 11.3 Å². The summed E-state index contributed by atoms with van der Waals surface area (Å²) in [5.74, 6) is -1.01. The molecule has 3 rings (SSSR count). The number of carboxylic acids is 1. The first kappa shape index (κ1) is 10.5. The zero-order valence-electron chi connectivity index (χ0n) is 9.32. The molecule has 3 aromatic rings. The van der Waals surface area contributed by atoms with Crippen molar-refractivity contribution in [3.05, 3.63) is 54.5 Å². The van der Waals surface area contributed by atoms with Gasteiger partial charge in [-0.15, -0.1) is 0 Å². The van der Waals surface area contributed by atoms with Crippen LogP contribution in [0.5, 0.6) is 0 Å². The Morgan fingerprint density at radius 3 is 2.78 bits per heavy atom. The normalized spacial score (nSPS) is 10.7. The fourth-order valence-corrected chi connectivity index (χ4v) is 1.97. The Hall–Kier alpha value is -2.69. The van der Waals surface area contributed by atoms with Crippen LogP contribution >= 0.6 is 0 Å². The maximum atomic E-state index is 11.2. The molecule has 0 unspecified atom stereocenters. The number of hydrogen-bond acceptors (Lipinski definition) is 3. The first-order valence-electron chi connectivity index (χ1n) is 5.38. The highest BCUT2D eigenvalue weighted by Crippen LogP contribution is 2.24. The van der Waals surface area contributed by atoms with Crippen LogP contribution in [0.15, 0.2) is 48.9 Å². The minimum Gasteiger partial charge on any atom is -0.478 e. The summed E-state index contributed by atoms with van der Waals surface area (Å²) in [5.41, 5.74) is 2.50. The van der Waals surface area contributed by atoms with E-state index in [4.69, 9.17) is 5.11 Å². The van der Waals surface area contributed by atoms with E-state index in [1.807, 2.05) is 40.9 Å². The molecular weight excluding hydrogens is 230 g/mol. The fourth-order valence-electron chi connectivity index (χ4n) is 1.97. The molecule has 0 saturated heterocycles. The lowest BCUT2D eigenvalue weighted by molar-refractivity contribution is 0.0697. The van der Waals surface area contributed by atoms with Gasteiger partial charge in [0, 0.05) is 17.3 Å². The van der Waals surface area contributed by atoms with Crippen molar-refractivity contribution in [2.24, 2.45) is 0 Å². The first-order chi connectivity index (χ1) is 8.77. The minimum atomic E-state index is -1.01. The largest absolute Gasteiger partial charge is 0.478 e. The second kappa shape index (κ2) is 3.96. The number of rotatable bonds is 2. The lowest BCUT2D eigenvalue weighted by Gasteiger charge is -2.05. The van der Waals surface area contributed by atoms with E-state index < -0.39 is 5.97 Å². The molecule has 0 saturated carbocycles. The first-order valence-corrected chi connectivity index (χ1v) is 5.38. The summed E-state index contributed by atoms with van der Waals surface area (Å²) in [7, 11) is 0. The molecule has 5 heteroatoms. The molecule has 0 amide bonds. The van der Waals surface area contributed by atoms with E-state index >= 15 is 0 Å². The summed E-state index contributed by atoms with van der Waals surface area (Å²) in [4.78, 5) is 11.2. The predicted molar refractivity (Wildman–Crippen MR) is 65.4 cm³/mol. The topological polar surface area (TPSA) is 67.5 Å². The predicted octanol–water partition coefficient (Wildman–Crippen LogP) is 2.09. The summed E-state index contributed by atoms with van der Waals surface area (Å²) < 4.78 is 1.92. The number of carbonyl (C=O) groups is 1. The molecule has 5 nitrogen and oxygen atoms in total. The van der Waals surface area contributed by atoms with Gasteiger partial charge in [0.05, 0.1) is 23.7 Å². The molecule has 18 heavy (non-hydrogen) atoms. The van der Waals surface area contributed by atoms with Crippen LogP contribution < -0.4 is 0 Å². The number of carboxylic acid groups (broad SMARTS) is 1. The Morgan fingerprint density at radius 2 is 1.94 bits per heavy atom. The molecule has 0 fully saturated rings. The number of nitrogens with zero attached hydrogens (tertiary/aromatic N) is 3. The Bertz CT molecular complexity index is 734. The Kier molecular flexibility index (Phi) is 2.30. The number of fused-ring (bicyclic) bond motifs is 1. The highest BCUT2D eigenvalue weighted by Gasteiger charge is 2.14. The molecule has 0 aromatic carbocycles. The van der Waals surface area contributed by atoms with E-state index in [0.717, 1.165) is 11.2 Å². The van der Waals surface area contributed by atoms with Crippen LogP contribution in [-0.4, -0.2) is 25.7 Å². The fraction of sp³-hybridized carbons (Fsp3) is 0. The number of pyridine rings is 1.